The fourth-order valence-corrected chi connectivity index (χ4v) is 3.02. The van der Waals surface area contributed by atoms with Crippen molar-refractivity contribution in [3.63, 3.8) is 0 Å². The molecule has 1 amide bonds. The first-order chi connectivity index (χ1) is 9.08. The minimum absolute atomic E-state index is 0.0138. The number of nitrogens with two attached hydrogens (primary N) is 2. The molecule has 0 saturated heterocycles. The minimum atomic E-state index is -3.83. The van der Waals surface area contributed by atoms with Gasteiger partial charge in [0.1, 0.15) is 4.99 Å². The molecule has 6 nitrogen and oxygen atoms in total. The number of thiocarbonyl (C=S) groups is 1. The van der Waals surface area contributed by atoms with Gasteiger partial charge < -0.3 is 11.5 Å². The molecule has 0 radical (unpaired) electrons. The van der Waals surface area contributed by atoms with Crippen molar-refractivity contribution in [1.29, 1.82) is 0 Å². The summed E-state index contributed by atoms with van der Waals surface area (Å²) >= 11 is 4.83. The summed E-state index contributed by atoms with van der Waals surface area (Å²) in [6.45, 7) is 2.99. The summed E-state index contributed by atoms with van der Waals surface area (Å²) in [6, 6.07) is 6.13. The van der Waals surface area contributed by atoms with Crippen LogP contribution in [-0.2, 0) is 14.8 Å². The van der Waals surface area contributed by atoms with Crippen molar-refractivity contribution in [1.82, 2.24) is 4.72 Å². The van der Waals surface area contributed by atoms with E-state index in [0.717, 1.165) is 0 Å². The smallest absolute Gasteiger partial charge is 0.241 e. The van der Waals surface area contributed by atoms with Gasteiger partial charge in [0.05, 0.1) is 10.3 Å². The first-order valence-corrected chi connectivity index (χ1v) is 7.65. The number of hydrogen-bond acceptors (Lipinski definition) is 4. The Morgan fingerprint density at radius 1 is 1.30 bits per heavy atom. The SMILES string of the molecule is CC(C)(CNS(=O)(=O)c1ccccc1C(N)=S)C(N)=O. The summed E-state index contributed by atoms with van der Waals surface area (Å²) in [5.41, 5.74) is 9.97. The number of carbonyl (C=O) groups is 1. The topological polar surface area (TPSA) is 115 Å². The number of benzene rings is 1. The molecule has 8 heteroatoms. The fourth-order valence-electron chi connectivity index (χ4n) is 1.34. The number of rotatable bonds is 6. The van der Waals surface area contributed by atoms with E-state index in [1.165, 1.54) is 12.1 Å². The fraction of sp³-hybridized carbons (Fsp3) is 0.333. The molecule has 0 aromatic heterocycles. The van der Waals surface area contributed by atoms with Gasteiger partial charge in [-0.1, -0.05) is 30.4 Å². The third-order valence-corrected chi connectivity index (χ3v) is 4.49. The molecule has 20 heavy (non-hydrogen) atoms. The summed E-state index contributed by atoms with van der Waals surface area (Å²) in [4.78, 5) is 11.2. The van der Waals surface area contributed by atoms with Gasteiger partial charge in [0.2, 0.25) is 15.9 Å². The van der Waals surface area contributed by atoms with Crippen LogP contribution in [0.25, 0.3) is 0 Å². The first-order valence-electron chi connectivity index (χ1n) is 5.76. The molecule has 0 aliphatic rings. The van der Waals surface area contributed by atoms with Crippen LogP contribution in [0, 0.1) is 5.41 Å². The summed E-state index contributed by atoms with van der Waals surface area (Å²) in [7, 11) is -3.83. The number of amides is 1. The van der Waals surface area contributed by atoms with Crippen molar-refractivity contribution in [2.24, 2.45) is 16.9 Å². The van der Waals surface area contributed by atoms with E-state index in [2.05, 4.69) is 4.72 Å². The summed E-state index contributed by atoms with van der Waals surface area (Å²) in [6.07, 6.45) is 0. The van der Waals surface area contributed by atoms with Crippen LogP contribution >= 0.6 is 12.2 Å². The zero-order chi connectivity index (χ0) is 15.6. The van der Waals surface area contributed by atoms with Crippen molar-refractivity contribution in [3.8, 4) is 0 Å². The van der Waals surface area contributed by atoms with Gasteiger partial charge in [-0.15, -0.1) is 0 Å². The Labute approximate surface area is 123 Å². The molecule has 110 valence electrons. The van der Waals surface area contributed by atoms with Crippen LogP contribution in [0.3, 0.4) is 0 Å². The first kappa shape index (κ1) is 16.5. The van der Waals surface area contributed by atoms with Gasteiger partial charge >= 0.3 is 0 Å². The maximum atomic E-state index is 12.2. The molecule has 0 spiro atoms. The highest BCUT2D eigenvalue weighted by Gasteiger charge is 2.28. The van der Waals surface area contributed by atoms with Gasteiger partial charge in [-0.2, -0.15) is 0 Å². The van der Waals surface area contributed by atoms with E-state index in [0.29, 0.717) is 0 Å². The quantitative estimate of drug-likeness (QED) is 0.644. The molecule has 0 aliphatic heterocycles. The molecule has 0 bridgehead atoms. The number of sulfonamides is 1. The molecular formula is C12H17N3O3S2. The van der Waals surface area contributed by atoms with E-state index in [1.54, 1.807) is 26.0 Å². The highest BCUT2D eigenvalue weighted by atomic mass is 32.2. The van der Waals surface area contributed by atoms with Crippen molar-refractivity contribution < 1.29 is 13.2 Å². The monoisotopic (exact) mass is 315 g/mol. The molecule has 1 aromatic rings. The number of nitrogens with one attached hydrogen (secondary N) is 1. The molecular weight excluding hydrogens is 298 g/mol. The molecule has 0 aliphatic carbocycles. The van der Waals surface area contributed by atoms with Crippen LogP contribution in [0.2, 0.25) is 0 Å². The van der Waals surface area contributed by atoms with E-state index in [-0.39, 0.29) is 22.0 Å². The largest absolute Gasteiger partial charge is 0.389 e. The highest BCUT2D eigenvalue weighted by molar-refractivity contribution is 7.89. The standard InChI is InChI=1S/C12H17N3O3S2/c1-12(2,11(14)16)7-15-20(17,18)9-6-4-3-5-8(9)10(13)19/h3-6,15H,7H2,1-2H3,(H2,13,19)(H2,14,16). The average molecular weight is 315 g/mol. The van der Waals surface area contributed by atoms with Crippen LogP contribution in [-0.4, -0.2) is 25.9 Å². The van der Waals surface area contributed by atoms with Gasteiger partial charge in [-0.25, -0.2) is 13.1 Å². The van der Waals surface area contributed by atoms with Crippen molar-refractivity contribution in [2.45, 2.75) is 18.7 Å². The lowest BCUT2D eigenvalue weighted by Gasteiger charge is -2.21. The summed E-state index contributed by atoms with van der Waals surface area (Å²) in [5, 5.41) is 0. The molecule has 1 rings (SSSR count). The molecule has 0 atom stereocenters. The van der Waals surface area contributed by atoms with E-state index >= 15 is 0 Å². The second kappa shape index (κ2) is 5.86. The Morgan fingerprint density at radius 2 is 1.85 bits per heavy atom. The van der Waals surface area contributed by atoms with E-state index < -0.39 is 21.3 Å². The Balaban J connectivity index is 3.08. The second-order valence-corrected chi connectivity index (χ2v) is 7.11. The van der Waals surface area contributed by atoms with Crippen LogP contribution in [0.4, 0.5) is 0 Å². The van der Waals surface area contributed by atoms with E-state index in [4.69, 9.17) is 23.7 Å². The average Bonchev–Trinajstić information content (AvgIpc) is 2.36. The van der Waals surface area contributed by atoms with E-state index in [1.807, 2.05) is 0 Å². The third kappa shape index (κ3) is 3.75. The van der Waals surface area contributed by atoms with Crippen molar-refractivity contribution in [2.75, 3.05) is 6.54 Å². The number of primary amides is 1. The Bertz CT molecular complexity index is 639. The zero-order valence-corrected chi connectivity index (χ0v) is 12.8. The molecule has 1 aromatic carbocycles. The third-order valence-electron chi connectivity index (χ3n) is 2.81. The predicted molar refractivity (Wildman–Crippen MR) is 80.5 cm³/mol. The maximum absolute atomic E-state index is 12.2. The lowest BCUT2D eigenvalue weighted by molar-refractivity contribution is -0.125. The molecule has 0 saturated carbocycles. The Kier molecular flexibility index (Phi) is 4.85. The van der Waals surface area contributed by atoms with E-state index in [9.17, 15) is 13.2 Å². The van der Waals surface area contributed by atoms with Crippen LogP contribution in [0.5, 0.6) is 0 Å². The molecule has 0 fully saturated rings. The van der Waals surface area contributed by atoms with Crippen LogP contribution < -0.4 is 16.2 Å². The lowest BCUT2D eigenvalue weighted by atomic mass is 9.93. The molecule has 0 unspecified atom stereocenters. The van der Waals surface area contributed by atoms with Crippen molar-refractivity contribution >= 4 is 33.1 Å². The zero-order valence-electron chi connectivity index (χ0n) is 11.2. The van der Waals surface area contributed by atoms with Gasteiger partial charge in [-0.05, 0) is 19.9 Å². The Morgan fingerprint density at radius 3 is 2.35 bits per heavy atom. The lowest BCUT2D eigenvalue weighted by Crippen LogP contribution is -2.42. The van der Waals surface area contributed by atoms with Gasteiger partial charge in [0, 0.05) is 12.1 Å². The molecule has 5 N–H and O–H groups in total. The molecule has 0 heterocycles. The number of carbonyl (C=O) groups excluding carboxylic acids is 1. The van der Waals surface area contributed by atoms with Crippen LogP contribution in [0.1, 0.15) is 19.4 Å². The number of hydrogen-bond donors (Lipinski definition) is 3. The second-order valence-electron chi connectivity index (χ2n) is 4.93. The van der Waals surface area contributed by atoms with Crippen molar-refractivity contribution in [3.05, 3.63) is 29.8 Å². The van der Waals surface area contributed by atoms with Crippen LogP contribution in [0.15, 0.2) is 29.2 Å². The normalized spacial score (nSPS) is 12.1. The Hall–Kier alpha value is -1.51. The summed E-state index contributed by atoms with van der Waals surface area (Å²) in [5.74, 6) is -0.595. The summed E-state index contributed by atoms with van der Waals surface area (Å²) < 4.78 is 26.8. The maximum Gasteiger partial charge on any atom is 0.241 e. The van der Waals surface area contributed by atoms with Gasteiger partial charge in [-0.3, -0.25) is 4.79 Å². The minimum Gasteiger partial charge on any atom is -0.389 e. The van der Waals surface area contributed by atoms with Gasteiger partial charge in [0.15, 0.2) is 0 Å². The van der Waals surface area contributed by atoms with Gasteiger partial charge in [0.25, 0.3) is 0 Å². The predicted octanol–water partition coefficient (Wildman–Crippen LogP) is 0.111. The highest BCUT2D eigenvalue weighted by Crippen LogP contribution is 2.18.